The van der Waals surface area contributed by atoms with Crippen LogP contribution in [-0.4, -0.2) is 25.6 Å². The first-order valence-electron chi connectivity index (χ1n) is 11.5. The lowest BCUT2D eigenvalue weighted by Gasteiger charge is -2.59. The van der Waals surface area contributed by atoms with Crippen LogP contribution in [0.3, 0.4) is 0 Å². The fraction of sp³-hybridized carbons (Fsp3) is 0.652. The number of nitrogens with one attached hydrogen (secondary N) is 1. The normalized spacial score (nSPS) is 34.2. The molecule has 5 fully saturated rings. The van der Waals surface area contributed by atoms with Crippen LogP contribution in [0.1, 0.15) is 57.8 Å². The number of Topliss-reactive ketones (excluding diaryl/α,β-unsaturated/α-hetero) is 1. The topological polar surface area (TPSA) is 106 Å². The standard InChI is InChI=1S/C23H27Cl3N2O4S/c24-15-6-17(25)20(26)18(7-15)33(31,32)28-23(2-1-3-23)19(29)8-16-13-4-12-5-14(16)11-22(9-12,10-13)21(27)30/h6-7,12-14,16,28H,1-5,8-11H2,(H2,27,30). The first-order chi connectivity index (χ1) is 15.4. The Bertz CT molecular complexity index is 1120. The van der Waals surface area contributed by atoms with Gasteiger partial charge in [-0.1, -0.05) is 34.8 Å². The molecule has 6 nitrogen and oxygen atoms in total. The second-order valence-electron chi connectivity index (χ2n) is 10.6. The summed E-state index contributed by atoms with van der Waals surface area (Å²) >= 11 is 18.2. The van der Waals surface area contributed by atoms with Crippen molar-refractivity contribution in [2.45, 2.75) is 68.2 Å². The van der Waals surface area contributed by atoms with Crippen LogP contribution in [0.5, 0.6) is 0 Å². The third kappa shape index (κ3) is 3.92. The van der Waals surface area contributed by atoms with Gasteiger partial charge in [0, 0.05) is 16.9 Å². The lowest BCUT2D eigenvalue weighted by Crippen LogP contribution is -2.61. The first-order valence-corrected chi connectivity index (χ1v) is 14.1. The van der Waals surface area contributed by atoms with E-state index in [0.717, 1.165) is 38.5 Å². The summed E-state index contributed by atoms with van der Waals surface area (Å²) in [5.41, 5.74) is 4.24. The molecule has 1 aromatic rings. The van der Waals surface area contributed by atoms with Crippen molar-refractivity contribution in [3.05, 3.63) is 27.2 Å². The smallest absolute Gasteiger partial charge is 0.243 e. The van der Waals surface area contributed by atoms with Crippen LogP contribution >= 0.6 is 34.8 Å². The Morgan fingerprint density at radius 2 is 1.70 bits per heavy atom. The van der Waals surface area contributed by atoms with Crippen molar-refractivity contribution in [2.24, 2.45) is 34.8 Å². The van der Waals surface area contributed by atoms with E-state index in [1.807, 2.05) is 0 Å². The van der Waals surface area contributed by atoms with Gasteiger partial charge in [-0.05, 0) is 87.2 Å². The zero-order valence-electron chi connectivity index (χ0n) is 18.1. The molecule has 5 saturated carbocycles. The van der Waals surface area contributed by atoms with Gasteiger partial charge in [0.15, 0.2) is 5.78 Å². The molecule has 180 valence electrons. The summed E-state index contributed by atoms with van der Waals surface area (Å²) in [6.07, 6.45) is 6.43. The summed E-state index contributed by atoms with van der Waals surface area (Å²) in [6.45, 7) is 0. The van der Waals surface area contributed by atoms with E-state index in [4.69, 9.17) is 40.5 Å². The van der Waals surface area contributed by atoms with Crippen molar-refractivity contribution in [1.29, 1.82) is 0 Å². The molecule has 4 bridgehead atoms. The average Bonchev–Trinajstić information content (AvgIpc) is 2.69. The second kappa shape index (κ2) is 8.09. The summed E-state index contributed by atoms with van der Waals surface area (Å²) in [6, 6.07) is 2.62. The van der Waals surface area contributed by atoms with Gasteiger partial charge in [-0.25, -0.2) is 8.42 Å². The molecule has 1 aromatic carbocycles. The Morgan fingerprint density at radius 3 is 2.24 bits per heavy atom. The van der Waals surface area contributed by atoms with Crippen LogP contribution in [-0.2, 0) is 19.6 Å². The van der Waals surface area contributed by atoms with E-state index in [1.54, 1.807) is 0 Å². The van der Waals surface area contributed by atoms with Gasteiger partial charge in [-0.15, -0.1) is 0 Å². The van der Waals surface area contributed by atoms with Gasteiger partial charge in [0.1, 0.15) is 4.90 Å². The molecule has 0 saturated heterocycles. The Hall–Kier alpha value is -0.860. The number of amides is 1. The molecule has 0 spiro atoms. The number of carbonyl (C=O) groups excluding carboxylic acids is 2. The van der Waals surface area contributed by atoms with Gasteiger partial charge in [0.2, 0.25) is 15.9 Å². The molecule has 0 radical (unpaired) electrons. The number of ketones is 1. The maximum absolute atomic E-state index is 13.6. The predicted octanol–water partition coefficient (Wildman–Crippen LogP) is 4.73. The highest BCUT2D eigenvalue weighted by Crippen LogP contribution is 2.63. The van der Waals surface area contributed by atoms with Crippen molar-refractivity contribution in [3.63, 3.8) is 0 Å². The number of halogens is 3. The second-order valence-corrected chi connectivity index (χ2v) is 13.5. The van der Waals surface area contributed by atoms with Crippen LogP contribution in [0, 0.1) is 29.1 Å². The van der Waals surface area contributed by atoms with Gasteiger partial charge in [0.25, 0.3) is 0 Å². The molecule has 10 heteroatoms. The molecule has 0 heterocycles. The molecule has 1 amide bonds. The molecule has 3 N–H and O–H groups in total. The number of hydrogen-bond donors (Lipinski definition) is 2. The Kier molecular flexibility index (Phi) is 5.85. The Balaban J connectivity index is 1.36. The maximum atomic E-state index is 13.6. The Morgan fingerprint density at radius 1 is 1.06 bits per heavy atom. The van der Waals surface area contributed by atoms with Crippen molar-refractivity contribution >= 4 is 56.5 Å². The monoisotopic (exact) mass is 532 g/mol. The van der Waals surface area contributed by atoms with Crippen molar-refractivity contribution in [1.82, 2.24) is 4.72 Å². The molecular weight excluding hydrogens is 507 g/mol. The lowest BCUT2D eigenvalue weighted by atomic mass is 9.45. The number of benzene rings is 1. The molecular formula is C23H27Cl3N2O4S. The Labute approximate surface area is 208 Å². The number of primary amides is 1. The third-order valence-corrected chi connectivity index (χ3v) is 11.4. The summed E-state index contributed by atoms with van der Waals surface area (Å²) in [5.74, 6) is 0.990. The molecule has 5 aliphatic rings. The highest BCUT2D eigenvalue weighted by atomic mass is 35.5. The summed E-state index contributed by atoms with van der Waals surface area (Å²) in [4.78, 5) is 25.6. The van der Waals surface area contributed by atoms with Gasteiger partial charge < -0.3 is 5.73 Å². The fourth-order valence-electron chi connectivity index (χ4n) is 7.18. The largest absolute Gasteiger partial charge is 0.369 e. The van der Waals surface area contributed by atoms with E-state index >= 15 is 0 Å². The van der Waals surface area contributed by atoms with Gasteiger partial charge >= 0.3 is 0 Å². The zero-order valence-corrected chi connectivity index (χ0v) is 21.2. The number of carbonyl (C=O) groups is 2. The van der Waals surface area contributed by atoms with E-state index in [9.17, 15) is 18.0 Å². The van der Waals surface area contributed by atoms with Crippen LogP contribution in [0.15, 0.2) is 17.0 Å². The fourth-order valence-corrected chi connectivity index (χ4v) is 9.78. The van der Waals surface area contributed by atoms with Gasteiger partial charge in [-0.3, -0.25) is 9.59 Å². The van der Waals surface area contributed by atoms with Crippen LogP contribution in [0.2, 0.25) is 15.1 Å². The maximum Gasteiger partial charge on any atom is 0.243 e. The minimum absolute atomic E-state index is 0.0375. The molecule has 0 aliphatic heterocycles. The molecule has 2 atom stereocenters. The molecule has 6 rings (SSSR count). The number of hydrogen-bond acceptors (Lipinski definition) is 4. The SMILES string of the molecule is NC(=O)C12CC3CC(C1)C(CC(=O)C1(NS(=O)(=O)c4cc(Cl)cc(Cl)c4Cl)CCC1)C(C3)C2. The van der Waals surface area contributed by atoms with Crippen LogP contribution < -0.4 is 10.5 Å². The molecule has 0 aromatic heterocycles. The number of rotatable bonds is 7. The summed E-state index contributed by atoms with van der Waals surface area (Å²) < 4.78 is 29.1. The quantitative estimate of drug-likeness (QED) is 0.494. The lowest BCUT2D eigenvalue weighted by molar-refractivity contribution is -0.152. The molecule has 33 heavy (non-hydrogen) atoms. The van der Waals surface area contributed by atoms with E-state index in [1.165, 1.54) is 12.1 Å². The molecule has 2 unspecified atom stereocenters. The van der Waals surface area contributed by atoms with E-state index in [-0.39, 0.29) is 37.6 Å². The molecule has 5 aliphatic carbocycles. The van der Waals surface area contributed by atoms with E-state index in [2.05, 4.69) is 4.72 Å². The highest BCUT2D eigenvalue weighted by molar-refractivity contribution is 7.89. The van der Waals surface area contributed by atoms with Gasteiger partial charge in [-0.2, -0.15) is 4.72 Å². The first kappa shape index (κ1) is 23.9. The van der Waals surface area contributed by atoms with E-state index in [0.29, 0.717) is 37.0 Å². The van der Waals surface area contributed by atoms with Crippen LogP contribution in [0.25, 0.3) is 0 Å². The minimum Gasteiger partial charge on any atom is -0.369 e. The number of nitrogens with two attached hydrogens (primary N) is 1. The minimum atomic E-state index is -4.11. The van der Waals surface area contributed by atoms with Gasteiger partial charge in [0.05, 0.1) is 15.6 Å². The van der Waals surface area contributed by atoms with E-state index < -0.39 is 21.0 Å². The highest BCUT2D eigenvalue weighted by Gasteiger charge is 2.59. The third-order valence-electron chi connectivity index (χ3n) is 8.73. The van der Waals surface area contributed by atoms with Crippen LogP contribution in [0.4, 0.5) is 0 Å². The summed E-state index contributed by atoms with van der Waals surface area (Å²) in [5, 5.41) is 0.0690. The number of sulfonamides is 1. The van der Waals surface area contributed by atoms with Crippen molar-refractivity contribution in [2.75, 3.05) is 0 Å². The van der Waals surface area contributed by atoms with Crippen molar-refractivity contribution in [3.8, 4) is 0 Å². The van der Waals surface area contributed by atoms with Crippen molar-refractivity contribution < 1.29 is 18.0 Å². The predicted molar refractivity (Wildman–Crippen MR) is 127 cm³/mol. The average molecular weight is 534 g/mol. The summed E-state index contributed by atoms with van der Waals surface area (Å²) in [7, 11) is -4.11. The zero-order chi connectivity index (χ0) is 23.8.